The van der Waals surface area contributed by atoms with Crippen LogP contribution in [0.25, 0.3) is 11.0 Å². The molecule has 0 aliphatic heterocycles. The van der Waals surface area contributed by atoms with E-state index in [1.54, 1.807) is 0 Å². The molecule has 0 saturated heterocycles. The molecule has 2 aromatic carbocycles. The molecule has 0 bridgehead atoms. The summed E-state index contributed by atoms with van der Waals surface area (Å²) in [5.41, 5.74) is 4.70. The van der Waals surface area contributed by atoms with Crippen LogP contribution in [0.2, 0.25) is 0 Å². The van der Waals surface area contributed by atoms with E-state index in [1.165, 1.54) is 18.4 Å². The van der Waals surface area contributed by atoms with Crippen molar-refractivity contribution in [2.24, 2.45) is 0 Å². The van der Waals surface area contributed by atoms with Gasteiger partial charge in [0, 0.05) is 0 Å². The topological polar surface area (TPSA) is 37.8 Å². The van der Waals surface area contributed by atoms with Gasteiger partial charge in [0.2, 0.25) is 0 Å². The summed E-state index contributed by atoms with van der Waals surface area (Å²) in [5.74, 6) is 0.679. The fourth-order valence-electron chi connectivity index (χ4n) is 2.89. The molecule has 0 spiro atoms. The van der Waals surface area contributed by atoms with Gasteiger partial charge in [0.1, 0.15) is 0 Å². The third kappa shape index (κ3) is 2.66. The molecule has 1 heterocycles. The van der Waals surface area contributed by atoms with Crippen LogP contribution in [0.4, 0.5) is 5.69 Å². The van der Waals surface area contributed by atoms with E-state index in [1.807, 2.05) is 6.07 Å². The van der Waals surface area contributed by atoms with Crippen LogP contribution < -0.4 is 5.32 Å². The van der Waals surface area contributed by atoms with Crippen molar-refractivity contribution in [2.75, 3.05) is 5.32 Å². The first-order valence-corrected chi connectivity index (χ1v) is 9.35. The molecule has 106 valence electrons. The van der Waals surface area contributed by atoms with Crippen molar-refractivity contribution in [2.45, 2.75) is 24.8 Å². The van der Waals surface area contributed by atoms with Gasteiger partial charge in [-0.25, -0.2) is 0 Å². The van der Waals surface area contributed by atoms with Gasteiger partial charge in [0.25, 0.3) is 0 Å². The fourth-order valence-corrected chi connectivity index (χ4v) is 4.30. The average Bonchev–Trinajstić information content (AvgIpc) is 2.93. The minimum atomic E-state index is 0.0414. The SMILES string of the molecule is Brc1ccc(C2CC(Nc3cccc4n[se]nc34)C2)cc1. The Morgan fingerprint density at radius 1 is 1.05 bits per heavy atom. The van der Waals surface area contributed by atoms with E-state index in [4.69, 9.17) is 0 Å². The van der Waals surface area contributed by atoms with E-state index in [0.29, 0.717) is 12.0 Å². The summed E-state index contributed by atoms with van der Waals surface area (Å²) in [4.78, 5) is 0. The molecule has 1 fully saturated rings. The summed E-state index contributed by atoms with van der Waals surface area (Å²) < 4.78 is 10.1. The number of rotatable bonds is 3. The summed E-state index contributed by atoms with van der Waals surface area (Å²) in [6.45, 7) is 0. The second-order valence-corrected chi connectivity index (χ2v) is 7.52. The third-order valence-corrected chi connectivity index (χ3v) is 5.79. The van der Waals surface area contributed by atoms with Crippen molar-refractivity contribution in [3.63, 3.8) is 0 Å². The predicted molar refractivity (Wildman–Crippen MR) is 90.0 cm³/mol. The van der Waals surface area contributed by atoms with Gasteiger partial charge in [-0.15, -0.1) is 0 Å². The van der Waals surface area contributed by atoms with Crippen LogP contribution in [0.1, 0.15) is 24.3 Å². The first-order chi connectivity index (χ1) is 10.3. The molecule has 0 radical (unpaired) electrons. The maximum atomic E-state index is 4.53. The van der Waals surface area contributed by atoms with E-state index in [2.05, 4.69) is 65.6 Å². The average molecular weight is 407 g/mol. The first kappa shape index (κ1) is 13.5. The molecular weight excluding hydrogens is 393 g/mol. The van der Waals surface area contributed by atoms with Crippen LogP contribution in [0.5, 0.6) is 0 Å². The molecule has 1 saturated carbocycles. The molecule has 1 aliphatic carbocycles. The summed E-state index contributed by atoms with van der Waals surface area (Å²) in [7, 11) is 0. The predicted octanol–water partition coefficient (Wildman–Crippen LogP) is 3.81. The third-order valence-electron chi connectivity index (χ3n) is 4.13. The van der Waals surface area contributed by atoms with Crippen LogP contribution in [0.15, 0.2) is 46.9 Å². The Kier molecular flexibility index (Phi) is 3.57. The number of anilines is 1. The Morgan fingerprint density at radius 2 is 1.86 bits per heavy atom. The Hall–Kier alpha value is -1.16. The first-order valence-electron chi connectivity index (χ1n) is 7.03. The van der Waals surface area contributed by atoms with Crippen molar-refractivity contribution in [3.05, 3.63) is 52.5 Å². The van der Waals surface area contributed by atoms with Crippen molar-refractivity contribution >= 4 is 47.6 Å². The van der Waals surface area contributed by atoms with Crippen LogP contribution in [-0.2, 0) is 0 Å². The molecule has 21 heavy (non-hydrogen) atoms. The van der Waals surface area contributed by atoms with Crippen molar-refractivity contribution < 1.29 is 0 Å². The molecule has 0 unspecified atom stereocenters. The second kappa shape index (κ2) is 5.56. The number of nitrogens with zero attached hydrogens (tertiary/aromatic N) is 2. The van der Waals surface area contributed by atoms with Crippen molar-refractivity contribution in [3.8, 4) is 0 Å². The summed E-state index contributed by atoms with van der Waals surface area (Å²) in [6.07, 6.45) is 2.38. The van der Waals surface area contributed by atoms with Gasteiger partial charge in [0.15, 0.2) is 0 Å². The molecule has 1 aliphatic rings. The zero-order valence-corrected chi connectivity index (χ0v) is 14.6. The van der Waals surface area contributed by atoms with Gasteiger partial charge in [-0.05, 0) is 0 Å². The van der Waals surface area contributed by atoms with E-state index in [-0.39, 0.29) is 15.0 Å². The molecule has 5 heteroatoms. The molecular formula is C16H14BrN3Se. The van der Waals surface area contributed by atoms with E-state index in [9.17, 15) is 0 Å². The normalized spacial score (nSPS) is 21.2. The van der Waals surface area contributed by atoms with Gasteiger partial charge >= 0.3 is 138 Å². The van der Waals surface area contributed by atoms with Crippen molar-refractivity contribution in [1.29, 1.82) is 0 Å². The number of hydrogen-bond acceptors (Lipinski definition) is 3. The number of hydrogen-bond donors (Lipinski definition) is 1. The molecule has 1 N–H and O–H groups in total. The van der Waals surface area contributed by atoms with Crippen molar-refractivity contribution in [1.82, 2.24) is 7.96 Å². The molecule has 3 nitrogen and oxygen atoms in total. The Labute approximate surface area is 138 Å². The van der Waals surface area contributed by atoms with Gasteiger partial charge in [-0.3, -0.25) is 0 Å². The number of aromatic nitrogens is 2. The molecule has 0 atom stereocenters. The van der Waals surface area contributed by atoms with Crippen LogP contribution >= 0.6 is 15.9 Å². The second-order valence-electron chi connectivity index (χ2n) is 5.50. The fraction of sp³-hybridized carbons (Fsp3) is 0.250. The number of nitrogens with one attached hydrogen (secondary N) is 1. The molecule has 1 aromatic heterocycles. The number of fused-ring (bicyclic) bond motifs is 1. The Balaban J connectivity index is 1.44. The Bertz CT molecular complexity index is 763. The molecule has 3 aromatic rings. The number of benzene rings is 2. The number of halogens is 1. The summed E-state index contributed by atoms with van der Waals surface area (Å²) in [5, 5.41) is 3.64. The monoisotopic (exact) mass is 407 g/mol. The molecule has 4 rings (SSSR count). The quantitative estimate of drug-likeness (QED) is 0.672. The summed E-state index contributed by atoms with van der Waals surface area (Å²) in [6, 6.07) is 15.5. The zero-order chi connectivity index (χ0) is 14.2. The van der Waals surface area contributed by atoms with Crippen LogP contribution in [-0.4, -0.2) is 29.0 Å². The van der Waals surface area contributed by atoms with Crippen LogP contribution in [0, 0.1) is 0 Å². The van der Waals surface area contributed by atoms with Gasteiger partial charge in [0.05, 0.1) is 0 Å². The van der Waals surface area contributed by atoms with E-state index < -0.39 is 0 Å². The maximum absolute atomic E-state index is 4.53. The molecule has 0 amide bonds. The standard InChI is InChI=1S/C16H14BrN3Se/c17-12-6-4-10(5-7-12)11-8-13(9-11)18-14-2-1-3-15-16(14)20-21-19-15/h1-7,11,13,18H,8-9H2. The van der Waals surface area contributed by atoms with Crippen LogP contribution in [0.3, 0.4) is 0 Å². The van der Waals surface area contributed by atoms with Gasteiger partial charge in [-0.1, -0.05) is 0 Å². The van der Waals surface area contributed by atoms with E-state index in [0.717, 1.165) is 21.2 Å². The zero-order valence-electron chi connectivity index (χ0n) is 11.3. The van der Waals surface area contributed by atoms with E-state index >= 15 is 0 Å². The minimum absolute atomic E-state index is 0.0414. The Morgan fingerprint density at radius 3 is 2.67 bits per heavy atom. The van der Waals surface area contributed by atoms with Gasteiger partial charge < -0.3 is 0 Å². The summed E-state index contributed by atoms with van der Waals surface area (Å²) >= 11 is 3.53. The van der Waals surface area contributed by atoms with Gasteiger partial charge in [-0.2, -0.15) is 0 Å².